The molecule has 0 radical (unpaired) electrons. The summed E-state index contributed by atoms with van der Waals surface area (Å²) in [5, 5.41) is 8.77. The number of esters is 1. The van der Waals surface area contributed by atoms with Crippen LogP contribution in [0.3, 0.4) is 0 Å². The Morgan fingerprint density at radius 3 is 2.53 bits per heavy atom. The van der Waals surface area contributed by atoms with E-state index in [-0.39, 0.29) is 41.5 Å². The molecule has 5 heteroatoms. The van der Waals surface area contributed by atoms with E-state index in [4.69, 9.17) is 9.84 Å². The van der Waals surface area contributed by atoms with Gasteiger partial charge in [-0.25, -0.2) is 0 Å². The normalized spacial score (nSPS) is 42.4. The van der Waals surface area contributed by atoms with Crippen molar-refractivity contribution in [2.45, 2.75) is 91.1 Å². The van der Waals surface area contributed by atoms with Crippen LogP contribution in [0.4, 0.5) is 0 Å². The van der Waals surface area contributed by atoms with Gasteiger partial charge in [-0.2, -0.15) is 0 Å². The van der Waals surface area contributed by atoms with E-state index in [1.807, 2.05) is 0 Å². The maximum Gasteiger partial charge on any atom is 0.306 e. The number of carboxylic acids is 1. The predicted molar refractivity (Wildman–Crippen MR) is 113 cm³/mol. The van der Waals surface area contributed by atoms with Gasteiger partial charge < -0.3 is 9.84 Å². The van der Waals surface area contributed by atoms with Crippen LogP contribution in [0.25, 0.3) is 0 Å². The first kappa shape index (κ1) is 21.6. The van der Waals surface area contributed by atoms with Crippen molar-refractivity contribution in [3.63, 3.8) is 0 Å². The molecule has 0 aromatic carbocycles. The van der Waals surface area contributed by atoms with Crippen LogP contribution in [0.15, 0.2) is 11.6 Å². The summed E-state index contributed by atoms with van der Waals surface area (Å²) in [7, 11) is 0. The number of hydrogen-bond donors (Lipinski definition) is 1. The molecule has 0 aromatic heterocycles. The Balaban J connectivity index is 1.42. The van der Waals surface area contributed by atoms with E-state index in [1.165, 1.54) is 19.3 Å². The maximum atomic E-state index is 12.2. The van der Waals surface area contributed by atoms with Gasteiger partial charge in [-0.15, -0.1) is 0 Å². The topological polar surface area (TPSA) is 80.7 Å². The molecule has 3 fully saturated rings. The van der Waals surface area contributed by atoms with Crippen LogP contribution in [-0.2, 0) is 19.1 Å². The number of rotatable bonds is 5. The SMILES string of the molecule is CC(=O)C1=CC[C@H]2[C@@H]3CC[C@H]4C[C@@H](OC(=O)CCC(=O)O)CC[C@]4(C)[C@H]3CC[C@]12C. The number of carbonyl (C=O) groups is 3. The van der Waals surface area contributed by atoms with Crippen molar-refractivity contribution < 1.29 is 24.2 Å². The highest BCUT2D eigenvalue weighted by Gasteiger charge is 2.59. The predicted octanol–water partition coefficient (Wildman–Crippen LogP) is 4.93. The molecule has 1 N–H and O–H groups in total. The lowest BCUT2D eigenvalue weighted by atomic mass is 9.44. The minimum atomic E-state index is -0.958. The van der Waals surface area contributed by atoms with Gasteiger partial charge >= 0.3 is 11.9 Å². The third kappa shape index (κ3) is 3.52. The van der Waals surface area contributed by atoms with Crippen LogP contribution in [0.1, 0.15) is 85.0 Å². The highest BCUT2D eigenvalue weighted by Crippen LogP contribution is 2.66. The van der Waals surface area contributed by atoms with Gasteiger partial charge in [0.1, 0.15) is 6.10 Å². The third-order valence-electron chi connectivity index (χ3n) is 9.42. The quantitative estimate of drug-likeness (QED) is 0.643. The molecule has 30 heavy (non-hydrogen) atoms. The standard InChI is InChI=1S/C25H36O5/c1-15(26)19-6-7-20-18-5-4-16-14-17(30-23(29)9-8-22(27)28)10-12-24(16,2)21(18)11-13-25(19,20)3/h6,16-18,20-21H,4-5,7-14H2,1-3H3,(H,27,28)/t16-,17-,18-,20-,21-,24-,25+/m0/s1. The molecule has 0 aromatic rings. The highest BCUT2D eigenvalue weighted by molar-refractivity contribution is 5.95. The van der Waals surface area contributed by atoms with Gasteiger partial charge in [-0.05, 0) is 98.4 Å². The van der Waals surface area contributed by atoms with E-state index < -0.39 is 5.97 Å². The second-order valence-corrected chi connectivity index (χ2v) is 10.8. The second kappa shape index (κ2) is 7.80. The summed E-state index contributed by atoms with van der Waals surface area (Å²) in [5.74, 6) is 1.46. The van der Waals surface area contributed by atoms with E-state index in [9.17, 15) is 14.4 Å². The minimum Gasteiger partial charge on any atom is -0.481 e. The lowest BCUT2D eigenvalue weighted by Crippen LogP contribution is -2.54. The molecule has 0 spiro atoms. The Labute approximate surface area is 179 Å². The van der Waals surface area contributed by atoms with Crippen molar-refractivity contribution in [1.82, 2.24) is 0 Å². The first-order chi connectivity index (χ1) is 14.1. The van der Waals surface area contributed by atoms with Gasteiger partial charge in [0.25, 0.3) is 0 Å². The molecule has 0 aliphatic heterocycles. The molecule has 3 saturated carbocycles. The fraction of sp³-hybridized carbons (Fsp3) is 0.800. The van der Waals surface area contributed by atoms with E-state index in [0.29, 0.717) is 23.7 Å². The molecule has 4 rings (SSSR count). The van der Waals surface area contributed by atoms with Crippen LogP contribution >= 0.6 is 0 Å². The van der Waals surface area contributed by atoms with Crippen molar-refractivity contribution in [3.05, 3.63) is 11.6 Å². The number of carboxylic acid groups (broad SMARTS) is 1. The molecular weight excluding hydrogens is 380 g/mol. The number of carbonyl (C=O) groups excluding carboxylic acids is 2. The van der Waals surface area contributed by atoms with Crippen molar-refractivity contribution in [1.29, 1.82) is 0 Å². The van der Waals surface area contributed by atoms with Crippen LogP contribution in [0.5, 0.6) is 0 Å². The maximum absolute atomic E-state index is 12.2. The minimum absolute atomic E-state index is 0.0375. The fourth-order valence-electron chi connectivity index (χ4n) is 7.89. The van der Waals surface area contributed by atoms with Crippen molar-refractivity contribution >= 4 is 17.7 Å². The first-order valence-electron chi connectivity index (χ1n) is 11.8. The summed E-state index contributed by atoms with van der Waals surface area (Å²) in [5.41, 5.74) is 1.43. The van der Waals surface area contributed by atoms with Crippen LogP contribution in [-0.4, -0.2) is 28.9 Å². The Bertz CT molecular complexity index is 770. The molecule has 7 atom stereocenters. The molecule has 0 heterocycles. The zero-order valence-corrected chi connectivity index (χ0v) is 18.6. The van der Waals surface area contributed by atoms with E-state index in [1.54, 1.807) is 6.92 Å². The van der Waals surface area contributed by atoms with Crippen LogP contribution in [0, 0.1) is 34.5 Å². The Morgan fingerprint density at radius 1 is 1.07 bits per heavy atom. The highest BCUT2D eigenvalue weighted by atomic mass is 16.5. The Hall–Kier alpha value is -1.65. The van der Waals surface area contributed by atoms with Gasteiger partial charge in [0.15, 0.2) is 5.78 Å². The zero-order chi connectivity index (χ0) is 21.7. The van der Waals surface area contributed by atoms with Crippen molar-refractivity contribution in [3.8, 4) is 0 Å². The summed E-state index contributed by atoms with van der Waals surface area (Å²) in [4.78, 5) is 34.9. The number of ether oxygens (including phenoxy) is 1. The average molecular weight is 417 g/mol. The number of allylic oxidation sites excluding steroid dienone is 2. The number of Topliss-reactive ketones (excluding diaryl/α,β-unsaturated/α-hetero) is 1. The molecule has 0 unspecified atom stereocenters. The first-order valence-corrected chi connectivity index (χ1v) is 11.8. The number of fused-ring (bicyclic) bond motifs is 5. The number of ketones is 1. The molecule has 0 amide bonds. The van der Waals surface area contributed by atoms with E-state index >= 15 is 0 Å². The summed E-state index contributed by atoms with van der Waals surface area (Å²) in [6.45, 7) is 6.52. The van der Waals surface area contributed by atoms with Crippen LogP contribution in [0.2, 0.25) is 0 Å². The molecule has 166 valence electrons. The summed E-state index contributed by atoms with van der Waals surface area (Å²) in [6, 6.07) is 0. The van der Waals surface area contributed by atoms with Gasteiger partial charge in [0.05, 0.1) is 12.8 Å². The Kier molecular flexibility index (Phi) is 5.61. The van der Waals surface area contributed by atoms with E-state index in [2.05, 4.69) is 19.9 Å². The lowest BCUT2D eigenvalue weighted by Gasteiger charge is -2.60. The Morgan fingerprint density at radius 2 is 1.83 bits per heavy atom. The van der Waals surface area contributed by atoms with Crippen molar-refractivity contribution in [2.24, 2.45) is 34.5 Å². The number of aliphatic carboxylic acids is 1. The smallest absolute Gasteiger partial charge is 0.306 e. The number of hydrogen-bond acceptors (Lipinski definition) is 4. The average Bonchev–Trinajstić information content (AvgIpc) is 3.04. The zero-order valence-electron chi connectivity index (χ0n) is 18.6. The lowest BCUT2D eigenvalue weighted by molar-refractivity contribution is -0.162. The molecule has 4 aliphatic carbocycles. The monoisotopic (exact) mass is 416 g/mol. The summed E-state index contributed by atoms with van der Waals surface area (Å²) >= 11 is 0. The van der Waals surface area contributed by atoms with Gasteiger partial charge in [-0.3, -0.25) is 14.4 Å². The van der Waals surface area contributed by atoms with Gasteiger partial charge in [0.2, 0.25) is 0 Å². The largest absolute Gasteiger partial charge is 0.481 e. The summed E-state index contributed by atoms with van der Waals surface area (Å²) < 4.78 is 5.65. The summed E-state index contributed by atoms with van der Waals surface area (Å²) in [6.07, 6.45) is 10.6. The van der Waals surface area contributed by atoms with Crippen LogP contribution < -0.4 is 0 Å². The van der Waals surface area contributed by atoms with Gasteiger partial charge in [0, 0.05) is 0 Å². The molecular formula is C25H36O5. The van der Waals surface area contributed by atoms with Gasteiger partial charge in [-0.1, -0.05) is 19.9 Å². The third-order valence-corrected chi connectivity index (χ3v) is 9.42. The van der Waals surface area contributed by atoms with Crippen molar-refractivity contribution in [2.75, 3.05) is 0 Å². The second-order valence-electron chi connectivity index (χ2n) is 10.8. The molecule has 0 saturated heterocycles. The molecule has 4 aliphatic rings. The van der Waals surface area contributed by atoms with E-state index in [0.717, 1.165) is 37.7 Å². The fourth-order valence-corrected chi connectivity index (χ4v) is 7.89. The molecule has 0 bridgehead atoms. The molecule has 5 nitrogen and oxygen atoms in total.